The van der Waals surface area contributed by atoms with Gasteiger partial charge in [-0.15, -0.1) is 0 Å². The summed E-state index contributed by atoms with van der Waals surface area (Å²) in [4.78, 5) is 7.62. The van der Waals surface area contributed by atoms with Gasteiger partial charge in [0.15, 0.2) is 11.6 Å². The Balaban J connectivity index is 2.64. The summed E-state index contributed by atoms with van der Waals surface area (Å²) < 4.78 is 37.8. The number of halogens is 1. The molecule has 0 aliphatic carbocycles. The van der Waals surface area contributed by atoms with E-state index in [-0.39, 0.29) is 24.1 Å². The lowest BCUT2D eigenvalue weighted by molar-refractivity contribution is 0.588. The van der Waals surface area contributed by atoms with Crippen LogP contribution in [0.1, 0.15) is 6.92 Å². The maximum absolute atomic E-state index is 13.3. The van der Waals surface area contributed by atoms with E-state index in [1.54, 1.807) is 0 Å². The third-order valence-electron chi connectivity index (χ3n) is 2.05. The Morgan fingerprint density at radius 1 is 1.39 bits per heavy atom. The SMILES string of the molecule is CCNc1ncc(F)c(NCCS(=O)(=O)NC)n1. The highest BCUT2D eigenvalue weighted by molar-refractivity contribution is 7.89. The number of anilines is 2. The molecule has 0 saturated heterocycles. The summed E-state index contributed by atoms with van der Waals surface area (Å²) in [5, 5.41) is 5.45. The number of nitrogens with zero attached hydrogens (tertiary/aromatic N) is 2. The summed E-state index contributed by atoms with van der Waals surface area (Å²) in [5.74, 6) is -0.521. The van der Waals surface area contributed by atoms with Gasteiger partial charge in [-0.25, -0.2) is 22.5 Å². The summed E-state index contributed by atoms with van der Waals surface area (Å²) in [5.41, 5.74) is 0. The topological polar surface area (TPSA) is 96.0 Å². The average Bonchev–Trinajstić information content (AvgIpc) is 2.33. The molecule has 0 aliphatic heterocycles. The van der Waals surface area contributed by atoms with Gasteiger partial charge in [-0.3, -0.25) is 0 Å². The lowest BCUT2D eigenvalue weighted by Crippen LogP contribution is -2.26. The van der Waals surface area contributed by atoms with E-state index >= 15 is 0 Å². The van der Waals surface area contributed by atoms with Crippen LogP contribution in [0.15, 0.2) is 6.20 Å². The number of rotatable bonds is 7. The second-order valence-electron chi connectivity index (χ2n) is 3.37. The fourth-order valence-corrected chi connectivity index (χ4v) is 1.72. The Morgan fingerprint density at radius 3 is 2.72 bits per heavy atom. The van der Waals surface area contributed by atoms with Crippen LogP contribution < -0.4 is 15.4 Å². The number of nitrogens with one attached hydrogen (secondary N) is 3. The fourth-order valence-electron chi connectivity index (χ4n) is 1.14. The Labute approximate surface area is 105 Å². The molecule has 1 rings (SSSR count). The second-order valence-corrected chi connectivity index (χ2v) is 5.42. The van der Waals surface area contributed by atoms with E-state index < -0.39 is 15.8 Å². The standard InChI is InChI=1S/C9H16FN5O2S/c1-3-12-9-14-6-7(10)8(15-9)13-4-5-18(16,17)11-2/h6,11H,3-5H2,1-2H3,(H2,12,13,14,15). The van der Waals surface area contributed by atoms with Crippen molar-refractivity contribution in [1.82, 2.24) is 14.7 Å². The smallest absolute Gasteiger partial charge is 0.224 e. The van der Waals surface area contributed by atoms with Gasteiger partial charge in [-0.05, 0) is 14.0 Å². The quantitative estimate of drug-likeness (QED) is 0.649. The molecule has 0 unspecified atom stereocenters. The van der Waals surface area contributed by atoms with Crippen molar-refractivity contribution in [2.45, 2.75) is 6.92 Å². The Morgan fingerprint density at radius 2 is 2.11 bits per heavy atom. The molecule has 0 spiro atoms. The Kier molecular flexibility index (Phi) is 5.23. The Hall–Kier alpha value is -1.48. The lowest BCUT2D eigenvalue weighted by Gasteiger charge is -2.08. The molecule has 9 heteroatoms. The van der Waals surface area contributed by atoms with Gasteiger partial charge in [0.2, 0.25) is 16.0 Å². The monoisotopic (exact) mass is 277 g/mol. The van der Waals surface area contributed by atoms with Crippen molar-refractivity contribution in [3.8, 4) is 0 Å². The summed E-state index contributed by atoms with van der Waals surface area (Å²) in [6.45, 7) is 2.53. The highest BCUT2D eigenvalue weighted by Gasteiger charge is 2.09. The van der Waals surface area contributed by atoms with Crippen molar-refractivity contribution in [3.63, 3.8) is 0 Å². The van der Waals surface area contributed by atoms with E-state index in [0.717, 1.165) is 6.20 Å². The van der Waals surface area contributed by atoms with Crippen LogP contribution in [-0.4, -0.2) is 44.3 Å². The maximum atomic E-state index is 13.3. The first kappa shape index (κ1) is 14.6. The molecule has 1 aromatic heterocycles. The van der Waals surface area contributed by atoms with E-state index in [9.17, 15) is 12.8 Å². The van der Waals surface area contributed by atoms with Crippen LogP contribution >= 0.6 is 0 Å². The van der Waals surface area contributed by atoms with Gasteiger partial charge in [0.1, 0.15) is 0 Å². The van der Waals surface area contributed by atoms with Crippen LogP contribution in [0.4, 0.5) is 16.2 Å². The minimum Gasteiger partial charge on any atom is -0.366 e. The average molecular weight is 277 g/mol. The summed E-state index contributed by atoms with van der Waals surface area (Å²) in [7, 11) is -1.99. The first-order valence-corrected chi connectivity index (χ1v) is 7.05. The predicted octanol–water partition coefficient (Wildman–Crippen LogP) is 0.00860. The van der Waals surface area contributed by atoms with Crippen molar-refractivity contribution in [2.24, 2.45) is 0 Å². The molecule has 0 amide bonds. The molecule has 1 aromatic rings. The van der Waals surface area contributed by atoms with Crippen molar-refractivity contribution >= 4 is 21.8 Å². The number of aromatic nitrogens is 2. The molecule has 1 heterocycles. The highest BCUT2D eigenvalue weighted by atomic mass is 32.2. The molecule has 0 aliphatic rings. The fraction of sp³-hybridized carbons (Fsp3) is 0.556. The zero-order valence-electron chi connectivity index (χ0n) is 10.2. The van der Waals surface area contributed by atoms with E-state index in [4.69, 9.17) is 0 Å². The van der Waals surface area contributed by atoms with Gasteiger partial charge in [-0.2, -0.15) is 4.98 Å². The van der Waals surface area contributed by atoms with Gasteiger partial charge in [0, 0.05) is 13.1 Å². The van der Waals surface area contributed by atoms with Crippen molar-refractivity contribution in [2.75, 3.05) is 36.5 Å². The third kappa shape index (κ3) is 4.41. The molecule has 0 aromatic carbocycles. The molecule has 0 bridgehead atoms. The molecule has 0 atom stereocenters. The van der Waals surface area contributed by atoms with Crippen molar-refractivity contribution in [3.05, 3.63) is 12.0 Å². The molecule has 7 nitrogen and oxygen atoms in total. The van der Waals surface area contributed by atoms with Gasteiger partial charge >= 0.3 is 0 Å². The number of sulfonamides is 1. The minimum absolute atomic E-state index is 0.0211. The van der Waals surface area contributed by atoms with Crippen LogP contribution in [0.25, 0.3) is 0 Å². The van der Waals surface area contributed by atoms with Crippen LogP contribution in [0, 0.1) is 5.82 Å². The minimum atomic E-state index is -3.32. The normalized spacial score (nSPS) is 11.3. The summed E-state index contributed by atoms with van der Waals surface area (Å²) in [6.07, 6.45) is 1.03. The maximum Gasteiger partial charge on any atom is 0.224 e. The first-order chi connectivity index (χ1) is 8.48. The van der Waals surface area contributed by atoms with E-state index in [1.807, 2.05) is 6.92 Å². The van der Waals surface area contributed by atoms with E-state index in [2.05, 4.69) is 25.3 Å². The van der Waals surface area contributed by atoms with Crippen LogP contribution in [-0.2, 0) is 10.0 Å². The first-order valence-electron chi connectivity index (χ1n) is 5.40. The van der Waals surface area contributed by atoms with Gasteiger partial charge < -0.3 is 10.6 Å². The van der Waals surface area contributed by atoms with Crippen LogP contribution in [0.5, 0.6) is 0 Å². The van der Waals surface area contributed by atoms with E-state index in [1.165, 1.54) is 7.05 Å². The zero-order chi connectivity index (χ0) is 13.6. The molecule has 18 heavy (non-hydrogen) atoms. The van der Waals surface area contributed by atoms with Gasteiger partial charge in [0.25, 0.3) is 0 Å². The molecular weight excluding hydrogens is 261 g/mol. The molecular formula is C9H16FN5O2S. The Bertz CT molecular complexity index is 494. The van der Waals surface area contributed by atoms with E-state index in [0.29, 0.717) is 6.54 Å². The second kappa shape index (κ2) is 6.45. The molecule has 0 saturated carbocycles. The predicted molar refractivity (Wildman–Crippen MR) is 67.5 cm³/mol. The number of hydrogen-bond acceptors (Lipinski definition) is 6. The molecule has 0 radical (unpaired) electrons. The summed E-state index contributed by atoms with van der Waals surface area (Å²) in [6, 6.07) is 0. The van der Waals surface area contributed by atoms with Gasteiger partial charge in [-0.1, -0.05) is 0 Å². The largest absolute Gasteiger partial charge is 0.366 e. The zero-order valence-corrected chi connectivity index (χ0v) is 11.0. The van der Waals surface area contributed by atoms with Crippen molar-refractivity contribution < 1.29 is 12.8 Å². The molecule has 0 fully saturated rings. The molecule has 3 N–H and O–H groups in total. The highest BCUT2D eigenvalue weighted by Crippen LogP contribution is 2.11. The number of hydrogen-bond donors (Lipinski definition) is 3. The lowest BCUT2D eigenvalue weighted by atomic mass is 10.5. The van der Waals surface area contributed by atoms with Gasteiger partial charge in [0.05, 0.1) is 11.9 Å². The van der Waals surface area contributed by atoms with Crippen LogP contribution in [0.2, 0.25) is 0 Å². The van der Waals surface area contributed by atoms with Crippen molar-refractivity contribution in [1.29, 1.82) is 0 Å². The third-order valence-corrected chi connectivity index (χ3v) is 3.42. The van der Waals surface area contributed by atoms with Crippen LogP contribution in [0.3, 0.4) is 0 Å². The summed E-state index contributed by atoms with van der Waals surface area (Å²) >= 11 is 0. The molecule has 102 valence electrons.